The molecule has 26 heavy (non-hydrogen) atoms. The van der Waals surface area contributed by atoms with E-state index in [1.807, 2.05) is 49.3 Å². The van der Waals surface area contributed by atoms with Crippen LogP contribution in [-0.4, -0.2) is 19.0 Å². The molecule has 2 atom stereocenters. The van der Waals surface area contributed by atoms with Crippen molar-refractivity contribution in [3.63, 3.8) is 0 Å². The topological polar surface area (TPSA) is 50.8 Å². The Morgan fingerprint density at radius 3 is 2.23 bits per heavy atom. The lowest BCUT2D eigenvalue weighted by atomic mass is 9.68. The van der Waals surface area contributed by atoms with Crippen molar-refractivity contribution in [1.82, 2.24) is 4.90 Å². The molecule has 0 fully saturated rings. The molecule has 0 saturated carbocycles. The number of rotatable bonds is 3. The summed E-state index contributed by atoms with van der Waals surface area (Å²) in [4.78, 5) is 1.99. The molecule has 2 aromatic rings. The summed E-state index contributed by atoms with van der Waals surface area (Å²) < 4.78 is 0. The molecule has 2 unspecified atom stereocenters. The first kappa shape index (κ1) is 18.1. The van der Waals surface area contributed by atoms with Crippen molar-refractivity contribution in [3.05, 3.63) is 82.0 Å². The fourth-order valence-corrected chi connectivity index (χ4v) is 3.94. The molecule has 3 rings (SSSR count). The van der Waals surface area contributed by atoms with Crippen molar-refractivity contribution in [2.24, 2.45) is 5.92 Å². The van der Waals surface area contributed by atoms with E-state index in [4.69, 9.17) is 11.6 Å². The highest BCUT2D eigenvalue weighted by Crippen LogP contribution is 2.48. The third kappa shape index (κ3) is 3.45. The molecular formula is C22H20ClN3. The van der Waals surface area contributed by atoms with Crippen LogP contribution < -0.4 is 0 Å². The van der Waals surface area contributed by atoms with Crippen LogP contribution >= 0.6 is 11.6 Å². The molecule has 2 aromatic carbocycles. The summed E-state index contributed by atoms with van der Waals surface area (Å²) >= 11 is 6.06. The lowest BCUT2D eigenvalue weighted by Crippen LogP contribution is -2.24. The molecule has 0 saturated heterocycles. The maximum atomic E-state index is 9.54. The maximum Gasteiger partial charge on any atom is 0.143 e. The fraction of sp³-hybridized carbons (Fsp3) is 0.273. The smallest absolute Gasteiger partial charge is 0.143 e. The minimum Gasteiger partial charge on any atom is -0.384 e. The lowest BCUT2D eigenvalue weighted by Gasteiger charge is -2.35. The summed E-state index contributed by atoms with van der Waals surface area (Å²) in [7, 11) is 3.94. The van der Waals surface area contributed by atoms with E-state index < -0.39 is 5.92 Å². The number of allylic oxidation sites excluding steroid dienone is 1. The first-order valence-electron chi connectivity index (χ1n) is 8.55. The molecule has 0 aromatic heterocycles. The summed E-state index contributed by atoms with van der Waals surface area (Å²) in [5.41, 5.74) is 4.56. The Labute approximate surface area is 159 Å². The summed E-state index contributed by atoms with van der Waals surface area (Å²) in [5.74, 6) is -0.718. The number of hydrogen-bond donors (Lipinski definition) is 0. The van der Waals surface area contributed by atoms with Crippen LogP contribution in [0.15, 0.2) is 60.3 Å². The van der Waals surface area contributed by atoms with E-state index in [1.165, 1.54) is 11.1 Å². The zero-order chi connectivity index (χ0) is 18.7. The first-order chi connectivity index (χ1) is 12.5. The minimum atomic E-state index is -0.700. The van der Waals surface area contributed by atoms with Gasteiger partial charge < -0.3 is 4.90 Å². The number of halogens is 1. The zero-order valence-corrected chi connectivity index (χ0v) is 15.6. The molecule has 0 heterocycles. The molecule has 0 amide bonds. The Morgan fingerprint density at radius 2 is 1.65 bits per heavy atom. The molecule has 130 valence electrons. The van der Waals surface area contributed by atoms with Gasteiger partial charge in [-0.3, -0.25) is 0 Å². The first-order valence-corrected chi connectivity index (χ1v) is 8.93. The monoisotopic (exact) mass is 361 g/mol. The van der Waals surface area contributed by atoms with Gasteiger partial charge in [0.1, 0.15) is 5.92 Å². The summed E-state index contributed by atoms with van der Waals surface area (Å²) in [6.07, 6.45) is 2.84. The van der Waals surface area contributed by atoms with Crippen molar-refractivity contribution in [2.75, 3.05) is 14.1 Å². The predicted molar refractivity (Wildman–Crippen MR) is 104 cm³/mol. The Balaban J connectivity index is 2.18. The highest BCUT2D eigenvalue weighted by molar-refractivity contribution is 6.30. The van der Waals surface area contributed by atoms with Crippen molar-refractivity contribution >= 4 is 11.6 Å². The standard InChI is InChI=1S/C22H20ClN3/c1-26(2)14-16-11-21(15-7-9-18(23)10-8-15)19-5-3-4-6-20(19)22(16)17(12-24)13-25/h3-10,14,17,21-22H,11H2,1-2H3/b16-14+. The van der Waals surface area contributed by atoms with Crippen LogP contribution in [0.4, 0.5) is 0 Å². The quantitative estimate of drug-likeness (QED) is 0.767. The van der Waals surface area contributed by atoms with Gasteiger partial charge in [0.25, 0.3) is 0 Å². The van der Waals surface area contributed by atoms with Gasteiger partial charge in [-0.05, 0) is 47.0 Å². The second kappa shape index (κ2) is 7.65. The molecule has 1 aliphatic carbocycles. The number of nitrogens with zero attached hydrogens (tertiary/aromatic N) is 3. The average molecular weight is 362 g/mol. The summed E-state index contributed by atoms with van der Waals surface area (Å²) in [6, 6.07) is 20.5. The SMILES string of the molecule is CN(C)/C=C1\CC(c2ccc(Cl)cc2)c2ccccc2C1C(C#N)C#N. The highest BCUT2D eigenvalue weighted by atomic mass is 35.5. The van der Waals surface area contributed by atoms with Gasteiger partial charge in [-0.25, -0.2) is 0 Å². The predicted octanol–water partition coefficient (Wildman–Crippen LogP) is 5.07. The van der Waals surface area contributed by atoms with E-state index in [0.717, 1.165) is 17.6 Å². The molecule has 0 aliphatic heterocycles. The molecule has 0 radical (unpaired) electrons. The van der Waals surface area contributed by atoms with Crippen LogP contribution in [0.1, 0.15) is 34.9 Å². The molecule has 0 bridgehead atoms. The second-order valence-electron chi connectivity index (χ2n) is 6.82. The van der Waals surface area contributed by atoms with Crippen LogP contribution in [0, 0.1) is 28.6 Å². The number of nitriles is 2. The molecule has 0 N–H and O–H groups in total. The van der Waals surface area contributed by atoms with E-state index >= 15 is 0 Å². The van der Waals surface area contributed by atoms with Gasteiger partial charge in [-0.1, -0.05) is 48.0 Å². The third-order valence-corrected chi connectivity index (χ3v) is 5.11. The molecule has 4 heteroatoms. The van der Waals surface area contributed by atoms with Crippen LogP contribution in [0.2, 0.25) is 5.02 Å². The fourth-order valence-electron chi connectivity index (χ4n) is 3.81. The average Bonchev–Trinajstić information content (AvgIpc) is 2.64. The third-order valence-electron chi connectivity index (χ3n) is 4.85. The highest BCUT2D eigenvalue weighted by Gasteiger charge is 2.36. The Bertz CT molecular complexity index is 886. The zero-order valence-electron chi connectivity index (χ0n) is 14.9. The van der Waals surface area contributed by atoms with E-state index in [1.54, 1.807) is 0 Å². The Hall–Kier alpha value is -2.75. The number of benzene rings is 2. The van der Waals surface area contributed by atoms with Crippen LogP contribution in [0.25, 0.3) is 0 Å². The van der Waals surface area contributed by atoms with Gasteiger partial charge in [0.2, 0.25) is 0 Å². The van der Waals surface area contributed by atoms with Gasteiger partial charge in [-0.2, -0.15) is 10.5 Å². The van der Waals surface area contributed by atoms with Gasteiger partial charge in [0.15, 0.2) is 0 Å². The molecule has 1 aliphatic rings. The Morgan fingerprint density at radius 1 is 1.04 bits per heavy atom. The van der Waals surface area contributed by atoms with Crippen LogP contribution in [0.5, 0.6) is 0 Å². The largest absolute Gasteiger partial charge is 0.384 e. The Kier molecular flexibility index (Phi) is 5.31. The van der Waals surface area contributed by atoms with Gasteiger partial charge in [0, 0.05) is 31.0 Å². The second-order valence-corrected chi connectivity index (χ2v) is 7.25. The van der Waals surface area contributed by atoms with Crippen LogP contribution in [0.3, 0.4) is 0 Å². The molecule has 0 spiro atoms. The van der Waals surface area contributed by atoms with Crippen molar-refractivity contribution < 1.29 is 0 Å². The number of hydrogen-bond acceptors (Lipinski definition) is 3. The van der Waals surface area contributed by atoms with E-state index in [-0.39, 0.29) is 11.8 Å². The van der Waals surface area contributed by atoms with E-state index in [2.05, 4.69) is 36.5 Å². The molecule has 3 nitrogen and oxygen atoms in total. The van der Waals surface area contributed by atoms with E-state index in [0.29, 0.717) is 5.02 Å². The van der Waals surface area contributed by atoms with Crippen LogP contribution in [-0.2, 0) is 0 Å². The molecular weight excluding hydrogens is 342 g/mol. The normalized spacial score (nSPS) is 20.3. The number of fused-ring (bicyclic) bond motifs is 1. The van der Waals surface area contributed by atoms with Crippen molar-refractivity contribution in [2.45, 2.75) is 18.3 Å². The van der Waals surface area contributed by atoms with Crippen molar-refractivity contribution in [1.29, 1.82) is 10.5 Å². The minimum absolute atomic E-state index is 0.184. The summed E-state index contributed by atoms with van der Waals surface area (Å²) in [5, 5.41) is 19.8. The van der Waals surface area contributed by atoms with Gasteiger partial charge in [-0.15, -0.1) is 0 Å². The van der Waals surface area contributed by atoms with Crippen molar-refractivity contribution in [3.8, 4) is 12.1 Å². The maximum absolute atomic E-state index is 9.54. The van der Waals surface area contributed by atoms with Gasteiger partial charge in [0.05, 0.1) is 12.1 Å². The van der Waals surface area contributed by atoms with Gasteiger partial charge >= 0.3 is 0 Å². The lowest BCUT2D eigenvalue weighted by molar-refractivity contribution is 0.520. The van der Waals surface area contributed by atoms with E-state index in [9.17, 15) is 10.5 Å². The summed E-state index contributed by atoms with van der Waals surface area (Å²) in [6.45, 7) is 0.